The topological polar surface area (TPSA) is 96.0 Å². The molecule has 1 aliphatic rings. The standard InChI is InChI=1S/C21H21F3N6O2/c1-20(2)12-30(11-17(32-20)13-5-3-7-15(9-13)21(22,23)24)18(31)14-6-4-8-16(10-14)25-19-26-28-29-27-19/h3-10,17H,11-12H2,1-2H3,(H2,25,26,27,28,29). The number of alkyl halides is 3. The number of rotatable bonds is 4. The van der Waals surface area contributed by atoms with Crippen molar-refractivity contribution in [3.63, 3.8) is 0 Å². The first-order valence-corrected chi connectivity index (χ1v) is 9.85. The molecule has 1 fully saturated rings. The van der Waals surface area contributed by atoms with Gasteiger partial charge in [-0.2, -0.15) is 18.4 Å². The van der Waals surface area contributed by atoms with E-state index in [0.29, 0.717) is 23.4 Å². The molecule has 2 aromatic carbocycles. The molecule has 1 aliphatic heterocycles. The Morgan fingerprint density at radius 1 is 1.22 bits per heavy atom. The zero-order valence-corrected chi connectivity index (χ0v) is 17.3. The van der Waals surface area contributed by atoms with Crippen LogP contribution in [-0.2, 0) is 10.9 Å². The van der Waals surface area contributed by atoms with Gasteiger partial charge in [0.2, 0.25) is 0 Å². The van der Waals surface area contributed by atoms with Crippen molar-refractivity contribution in [2.45, 2.75) is 31.7 Å². The molecule has 0 aliphatic carbocycles. The van der Waals surface area contributed by atoms with Crippen molar-refractivity contribution in [1.82, 2.24) is 25.5 Å². The number of H-pyrrole nitrogens is 1. The summed E-state index contributed by atoms with van der Waals surface area (Å²) in [5.74, 6) is 0.00169. The van der Waals surface area contributed by atoms with E-state index in [2.05, 4.69) is 25.9 Å². The van der Waals surface area contributed by atoms with Crippen LogP contribution >= 0.6 is 0 Å². The summed E-state index contributed by atoms with van der Waals surface area (Å²) >= 11 is 0. The van der Waals surface area contributed by atoms with Gasteiger partial charge in [0.15, 0.2) is 0 Å². The van der Waals surface area contributed by atoms with E-state index >= 15 is 0 Å². The van der Waals surface area contributed by atoms with Crippen LogP contribution in [0.15, 0.2) is 48.5 Å². The van der Waals surface area contributed by atoms with Gasteiger partial charge in [-0.05, 0) is 55.0 Å². The SMILES string of the molecule is CC1(C)CN(C(=O)c2cccc(Nc3nn[nH]n3)c2)CC(c2cccc(C(F)(F)F)c2)O1. The zero-order valence-electron chi connectivity index (χ0n) is 17.3. The third kappa shape index (κ3) is 4.88. The molecule has 11 heteroatoms. The number of aromatic amines is 1. The molecule has 8 nitrogen and oxygen atoms in total. The third-order valence-corrected chi connectivity index (χ3v) is 5.00. The van der Waals surface area contributed by atoms with Crippen LogP contribution in [0.3, 0.4) is 0 Å². The van der Waals surface area contributed by atoms with Gasteiger partial charge in [-0.1, -0.05) is 23.3 Å². The van der Waals surface area contributed by atoms with Crippen molar-refractivity contribution in [2.75, 3.05) is 18.4 Å². The van der Waals surface area contributed by atoms with E-state index < -0.39 is 23.4 Å². The summed E-state index contributed by atoms with van der Waals surface area (Å²) in [6, 6.07) is 11.8. The Hall–Kier alpha value is -3.47. The van der Waals surface area contributed by atoms with Gasteiger partial charge >= 0.3 is 6.18 Å². The van der Waals surface area contributed by atoms with Gasteiger partial charge in [0.05, 0.1) is 17.7 Å². The molecule has 1 aromatic heterocycles. The van der Waals surface area contributed by atoms with Crippen LogP contribution in [0.25, 0.3) is 0 Å². The molecule has 168 valence electrons. The second-order valence-electron chi connectivity index (χ2n) is 8.12. The van der Waals surface area contributed by atoms with Gasteiger partial charge in [-0.15, -0.1) is 5.10 Å². The molecule has 3 aromatic rings. The van der Waals surface area contributed by atoms with Gasteiger partial charge < -0.3 is 15.0 Å². The van der Waals surface area contributed by atoms with Crippen LogP contribution in [0.1, 0.15) is 41.4 Å². The van der Waals surface area contributed by atoms with Gasteiger partial charge in [0.25, 0.3) is 11.9 Å². The van der Waals surface area contributed by atoms with E-state index in [9.17, 15) is 18.0 Å². The minimum absolute atomic E-state index is 0.131. The smallest absolute Gasteiger partial charge is 0.364 e. The number of hydrogen-bond acceptors (Lipinski definition) is 6. The minimum atomic E-state index is -4.46. The zero-order chi connectivity index (χ0) is 22.9. The van der Waals surface area contributed by atoms with Gasteiger partial charge in [0, 0.05) is 17.8 Å². The molecule has 0 saturated carbocycles. The fraction of sp³-hybridized carbons (Fsp3) is 0.333. The van der Waals surface area contributed by atoms with Gasteiger partial charge in [-0.25, -0.2) is 0 Å². The van der Waals surface area contributed by atoms with Crippen molar-refractivity contribution in [1.29, 1.82) is 0 Å². The highest BCUT2D eigenvalue weighted by atomic mass is 19.4. The molecule has 0 radical (unpaired) electrons. The summed E-state index contributed by atoms with van der Waals surface area (Å²) in [6.07, 6.45) is -5.15. The quantitative estimate of drug-likeness (QED) is 0.630. The molecule has 32 heavy (non-hydrogen) atoms. The molecule has 4 rings (SSSR count). The van der Waals surface area contributed by atoms with Crippen LogP contribution in [0.2, 0.25) is 0 Å². The van der Waals surface area contributed by atoms with Crippen LogP contribution in [0.4, 0.5) is 24.8 Å². The Morgan fingerprint density at radius 3 is 2.72 bits per heavy atom. The Kier molecular flexibility index (Phi) is 5.59. The van der Waals surface area contributed by atoms with E-state index in [1.165, 1.54) is 6.07 Å². The number of aromatic nitrogens is 4. The normalized spacial score (nSPS) is 18.4. The third-order valence-electron chi connectivity index (χ3n) is 5.00. The minimum Gasteiger partial charge on any atom is -0.364 e. The predicted octanol–water partition coefficient (Wildman–Crippen LogP) is 3.95. The molecular formula is C21H21F3N6O2. The first-order chi connectivity index (χ1) is 15.1. The summed E-state index contributed by atoms with van der Waals surface area (Å²) in [5, 5.41) is 16.4. The largest absolute Gasteiger partial charge is 0.416 e. The Bertz CT molecular complexity index is 1100. The maximum absolute atomic E-state index is 13.3. The summed E-state index contributed by atoms with van der Waals surface area (Å²) in [7, 11) is 0. The Balaban J connectivity index is 1.56. The van der Waals surface area contributed by atoms with E-state index in [1.54, 1.807) is 49.1 Å². The summed E-state index contributed by atoms with van der Waals surface area (Å²) in [6.45, 7) is 4.04. The number of carbonyl (C=O) groups excluding carboxylic acids is 1. The number of halogens is 3. The maximum atomic E-state index is 13.3. The summed E-state index contributed by atoms with van der Waals surface area (Å²) < 4.78 is 45.5. The van der Waals surface area contributed by atoms with Crippen LogP contribution in [-0.4, -0.2) is 50.1 Å². The number of hydrogen-bond donors (Lipinski definition) is 2. The predicted molar refractivity (Wildman–Crippen MR) is 109 cm³/mol. The molecule has 2 heterocycles. The van der Waals surface area contributed by atoms with Gasteiger partial charge in [0.1, 0.15) is 6.10 Å². The van der Waals surface area contributed by atoms with Crippen LogP contribution < -0.4 is 5.32 Å². The number of benzene rings is 2. The van der Waals surface area contributed by atoms with E-state index in [1.807, 2.05) is 0 Å². The van der Waals surface area contributed by atoms with Crippen LogP contribution in [0, 0.1) is 0 Å². The lowest BCUT2D eigenvalue weighted by atomic mass is 9.99. The highest BCUT2D eigenvalue weighted by Gasteiger charge is 2.38. The summed E-state index contributed by atoms with van der Waals surface area (Å²) in [4.78, 5) is 14.9. The molecule has 0 spiro atoms. The summed E-state index contributed by atoms with van der Waals surface area (Å²) in [5.41, 5.74) is -0.107. The lowest BCUT2D eigenvalue weighted by Crippen LogP contribution is -2.51. The molecular weight excluding hydrogens is 425 g/mol. The lowest BCUT2D eigenvalue weighted by molar-refractivity contribution is -0.138. The first kappa shape index (κ1) is 21.8. The van der Waals surface area contributed by atoms with Gasteiger partial charge in [-0.3, -0.25) is 4.79 Å². The van der Waals surface area contributed by atoms with Crippen molar-refractivity contribution in [3.8, 4) is 0 Å². The first-order valence-electron chi connectivity index (χ1n) is 9.85. The fourth-order valence-corrected chi connectivity index (χ4v) is 3.68. The number of morpholine rings is 1. The molecule has 1 atom stereocenters. The number of tetrazole rings is 1. The monoisotopic (exact) mass is 446 g/mol. The van der Waals surface area contributed by atoms with E-state index in [4.69, 9.17) is 4.74 Å². The van der Waals surface area contributed by atoms with Crippen molar-refractivity contribution < 1.29 is 22.7 Å². The average Bonchev–Trinajstić information content (AvgIpc) is 3.25. The molecule has 1 unspecified atom stereocenters. The Labute approximate surface area is 181 Å². The number of anilines is 2. The molecule has 1 amide bonds. The molecule has 2 N–H and O–H groups in total. The second-order valence-corrected chi connectivity index (χ2v) is 8.12. The average molecular weight is 446 g/mol. The van der Waals surface area contributed by atoms with Crippen molar-refractivity contribution in [3.05, 3.63) is 65.2 Å². The van der Waals surface area contributed by atoms with E-state index in [-0.39, 0.29) is 18.4 Å². The molecule has 1 saturated heterocycles. The fourth-order valence-electron chi connectivity index (χ4n) is 3.68. The number of amides is 1. The van der Waals surface area contributed by atoms with Crippen molar-refractivity contribution in [2.24, 2.45) is 0 Å². The highest BCUT2D eigenvalue weighted by Crippen LogP contribution is 2.35. The number of ether oxygens (including phenoxy) is 1. The number of nitrogens with zero attached hydrogens (tertiary/aromatic N) is 4. The Morgan fingerprint density at radius 2 is 2.00 bits per heavy atom. The maximum Gasteiger partial charge on any atom is 0.416 e. The van der Waals surface area contributed by atoms with E-state index in [0.717, 1.165) is 12.1 Å². The lowest BCUT2D eigenvalue weighted by Gasteiger charge is -2.43. The number of carbonyl (C=O) groups is 1. The van der Waals surface area contributed by atoms with Crippen molar-refractivity contribution >= 4 is 17.5 Å². The second kappa shape index (κ2) is 8.23. The number of nitrogens with one attached hydrogen (secondary N) is 2. The van der Waals surface area contributed by atoms with Crippen LogP contribution in [0.5, 0.6) is 0 Å². The molecule has 0 bridgehead atoms. The highest BCUT2D eigenvalue weighted by molar-refractivity contribution is 5.95.